The zero-order chi connectivity index (χ0) is 16.0. The third kappa shape index (κ3) is 2.72. The van der Waals surface area contributed by atoms with Crippen LogP contribution in [-0.2, 0) is 0 Å². The van der Waals surface area contributed by atoms with Gasteiger partial charge in [-0.25, -0.2) is 0 Å². The van der Waals surface area contributed by atoms with Crippen LogP contribution in [0.2, 0.25) is 0 Å². The van der Waals surface area contributed by atoms with Gasteiger partial charge in [-0.2, -0.15) is 0 Å². The van der Waals surface area contributed by atoms with Crippen molar-refractivity contribution in [1.29, 1.82) is 0 Å². The Morgan fingerprint density at radius 1 is 1.30 bits per heavy atom. The number of carbonyl (C=O) groups excluding carboxylic acids is 1. The monoisotopic (exact) mass is 309 g/mol. The number of hydrogen-bond donors (Lipinski definition) is 1. The topological polar surface area (TPSA) is 45.2 Å². The second kappa shape index (κ2) is 5.60. The van der Waals surface area contributed by atoms with Crippen LogP contribution in [0.25, 0.3) is 10.9 Å². The van der Waals surface area contributed by atoms with Crippen molar-refractivity contribution in [2.45, 2.75) is 38.6 Å². The molecule has 2 heterocycles. The minimum Gasteiger partial charge on any atom is -0.333 e. The third-order valence-electron chi connectivity index (χ3n) is 4.97. The Kier molecular flexibility index (Phi) is 3.57. The molecule has 120 valence electrons. The van der Waals surface area contributed by atoms with E-state index in [0.717, 1.165) is 41.8 Å². The number of nitrogens with zero attached hydrogens (tertiary/aromatic N) is 2. The number of aryl methyl sites for hydroxylation is 1. The number of amides is 1. The Bertz CT molecular complexity index is 767. The normalized spacial score (nSPS) is 21.7. The van der Waals surface area contributed by atoms with Gasteiger partial charge in [-0.15, -0.1) is 0 Å². The molecule has 2 aromatic rings. The highest BCUT2D eigenvalue weighted by atomic mass is 16.2. The van der Waals surface area contributed by atoms with E-state index in [1.807, 2.05) is 4.90 Å². The highest BCUT2D eigenvalue weighted by molar-refractivity contribution is 6.06. The number of pyridine rings is 1. The second-order valence-corrected chi connectivity index (χ2v) is 6.94. The quantitative estimate of drug-likeness (QED) is 0.928. The molecule has 4 nitrogen and oxygen atoms in total. The average molecular weight is 309 g/mol. The molecule has 0 spiro atoms. The number of fused-ring (bicyclic) bond motifs is 1. The van der Waals surface area contributed by atoms with Crippen LogP contribution in [0.15, 0.2) is 24.3 Å². The van der Waals surface area contributed by atoms with Gasteiger partial charge in [0.1, 0.15) is 0 Å². The molecule has 1 saturated heterocycles. The predicted molar refractivity (Wildman–Crippen MR) is 91.8 cm³/mol. The lowest BCUT2D eigenvalue weighted by molar-refractivity contribution is 0.0657. The fraction of sp³-hybridized carbons (Fsp3) is 0.474. The molecule has 0 bridgehead atoms. The summed E-state index contributed by atoms with van der Waals surface area (Å²) in [5.74, 6) is 0.701. The van der Waals surface area contributed by atoms with Crippen molar-refractivity contribution in [3.8, 4) is 0 Å². The van der Waals surface area contributed by atoms with Gasteiger partial charge in [-0.3, -0.25) is 9.78 Å². The first kappa shape index (κ1) is 14.6. The maximum Gasteiger partial charge on any atom is 0.254 e. The molecule has 23 heavy (non-hydrogen) atoms. The fourth-order valence-electron chi connectivity index (χ4n) is 3.42. The van der Waals surface area contributed by atoms with Gasteiger partial charge in [0, 0.05) is 42.7 Å². The molecule has 1 aliphatic heterocycles. The van der Waals surface area contributed by atoms with Crippen molar-refractivity contribution in [1.82, 2.24) is 15.2 Å². The summed E-state index contributed by atoms with van der Waals surface area (Å²) in [5, 5.41) is 4.34. The van der Waals surface area contributed by atoms with E-state index >= 15 is 0 Å². The van der Waals surface area contributed by atoms with Gasteiger partial charge in [0.05, 0.1) is 11.1 Å². The van der Waals surface area contributed by atoms with Crippen molar-refractivity contribution in [2.24, 2.45) is 0 Å². The number of carbonyl (C=O) groups is 1. The van der Waals surface area contributed by atoms with Gasteiger partial charge in [0.25, 0.3) is 5.91 Å². The molecule has 4 rings (SSSR count). The molecule has 0 radical (unpaired) electrons. The van der Waals surface area contributed by atoms with E-state index in [-0.39, 0.29) is 11.9 Å². The summed E-state index contributed by atoms with van der Waals surface area (Å²) in [6.45, 7) is 6.68. The zero-order valence-electron chi connectivity index (χ0n) is 13.8. The van der Waals surface area contributed by atoms with Gasteiger partial charge in [-0.1, -0.05) is 11.6 Å². The Morgan fingerprint density at radius 3 is 2.87 bits per heavy atom. The predicted octanol–water partition coefficient (Wildman–Crippen LogP) is 2.85. The molecule has 1 unspecified atom stereocenters. The number of benzene rings is 1. The molecule has 1 atom stereocenters. The first-order chi connectivity index (χ1) is 11.1. The van der Waals surface area contributed by atoms with E-state index in [4.69, 9.17) is 4.98 Å². The highest BCUT2D eigenvalue weighted by Gasteiger charge is 2.29. The molecule has 1 saturated carbocycles. The summed E-state index contributed by atoms with van der Waals surface area (Å²) in [4.78, 5) is 20.0. The number of nitrogens with one attached hydrogen (secondary N) is 1. The van der Waals surface area contributed by atoms with Crippen LogP contribution in [0.5, 0.6) is 0 Å². The summed E-state index contributed by atoms with van der Waals surface area (Å²) in [5.41, 5.74) is 4.04. The summed E-state index contributed by atoms with van der Waals surface area (Å²) < 4.78 is 0. The van der Waals surface area contributed by atoms with Gasteiger partial charge in [-0.05, 0) is 44.9 Å². The molecule has 1 aromatic heterocycles. The van der Waals surface area contributed by atoms with Crippen molar-refractivity contribution < 1.29 is 4.79 Å². The Labute approximate surface area is 136 Å². The molecule has 2 fully saturated rings. The van der Waals surface area contributed by atoms with Crippen LogP contribution in [-0.4, -0.2) is 41.5 Å². The third-order valence-corrected chi connectivity index (χ3v) is 4.97. The van der Waals surface area contributed by atoms with E-state index in [1.54, 1.807) is 0 Å². The summed E-state index contributed by atoms with van der Waals surface area (Å²) >= 11 is 0. The lowest BCUT2D eigenvalue weighted by Crippen LogP contribution is -2.52. The van der Waals surface area contributed by atoms with Crippen LogP contribution >= 0.6 is 0 Å². The maximum atomic E-state index is 13.2. The van der Waals surface area contributed by atoms with E-state index in [9.17, 15) is 4.79 Å². The molecule has 1 amide bonds. The average Bonchev–Trinajstić information content (AvgIpc) is 3.38. The van der Waals surface area contributed by atoms with Crippen LogP contribution < -0.4 is 5.32 Å². The lowest BCUT2D eigenvalue weighted by Gasteiger charge is -2.34. The van der Waals surface area contributed by atoms with Gasteiger partial charge < -0.3 is 10.2 Å². The standard InChI is InChI=1S/C19H23N3O/c1-12-3-6-17-15(9-12)16(10-18(21-17)14-4-5-14)19(23)22-8-7-20-11-13(22)2/h3,6,9-10,13-14,20H,4-5,7-8,11H2,1-2H3. The van der Waals surface area contributed by atoms with Gasteiger partial charge >= 0.3 is 0 Å². The van der Waals surface area contributed by atoms with E-state index in [0.29, 0.717) is 5.92 Å². The molecule has 1 aliphatic carbocycles. The van der Waals surface area contributed by atoms with E-state index in [2.05, 4.69) is 43.4 Å². The van der Waals surface area contributed by atoms with Crippen molar-refractivity contribution >= 4 is 16.8 Å². The lowest BCUT2D eigenvalue weighted by atomic mass is 10.0. The van der Waals surface area contributed by atoms with Crippen LogP contribution in [0, 0.1) is 6.92 Å². The molecule has 4 heteroatoms. The van der Waals surface area contributed by atoms with Crippen LogP contribution in [0.1, 0.15) is 47.3 Å². The Morgan fingerprint density at radius 2 is 2.13 bits per heavy atom. The molecule has 1 N–H and O–H groups in total. The first-order valence-corrected chi connectivity index (χ1v) is 8.56. The minimum atomic E-state index is 0.152. The molecular weight excluding hydrogens is 286 g/mol. The van der Waals surface area contributed by atoms with E-state index in [1.165, 1.54) is 18.4 Å². The minimum absolute atomic E-state index is 0.152. The van der Waals surface area contributed by atoms with Crippen LogP contribution in [0.4, 0.5) is 0 Å². The van der Waals surface area contributed by atoms with E-state index < -0.39 is 0 Å². The summed E-state index contributed by atoms with van der Waals surface area (Å²) in [6.07, 6.45) is 2.39. The first-order valence-electron chi connectivity index (χ1n) is 8.56. The Balaban J connectivity index is 1.83. The zero-order valence-corrected chi connectivity index (χ0v) is 13.8. The van der Waals surface area contributed by atoms with Crippen molar-refractivity contribution in [2.75, 3.05) is 19.6 Å². The number of aromatic nitrogens is 1. The molecule has 1 aromatic carbocycles. The number of rotatable bonds is 2. The van der Waals surface area contributed by atoms with Crippen molar-refractivity contribution in [3.63, 3.8) is 0 Å². The maximum absolute atomic E-state index is 13.2. The Hall–Kier alpha value is -1.94. The smallest absolute Gasteiger partial charge is 0.254 e. The van der Waals surface area contributed by atoms with Gasteiger partial charge in [0.15, 0.2) is 0 Å². The number of hydrogen-bond acceptors (Lipinski definition) is 3. The summed E-state index contributed by atoms with van der Waals surface area (Å²) in [6, 6.07) is 8.51. The van der Waals surface area contributed by atoms with Crippen LogP contribution in [0.3, 0.4) is 0 Å². The largest absolute Gasteiger partial charge is 0.333 e. The van der Waals surface area contributed by atoms with Crippen molar-refractivity contribution in [3.05, 3.63) is 41.1 Å². The summed E-state index contributed by atoms with van der Waals surface area (Å²) in [7, 11) is 0. The van der Waals surface area contributed by atoms with Gasteiger partial charge in [0.2, 0.25) is 0 Å². The second-order valence-electron chi connectivity index (χ2n) is 6.94. The number of piperazine rings is 1. The fourth-order valence-corrected chi connectivity index (χ4v) is 3.42. The molecule has 2 aliphatic rings. The molecular formula is C19H23N3O. The SMILES string of the molecule is Cc1ccc2nc(C3CC3)cc(C(=O)N3CCNCC3C)c2c1. The highest BCUT2D eigenvalue weighted by Crippen LogP contribution is 2.40.